The Kier molecular flexibility index (Phi) is 8.68. The summed E-state index contributed by atoms with van der Waals surface area (Å²) >= 11 is 5.89. The highest BCUT2D eigenvalue weighted by Crippen LogP contribution is 2.23. The van der Waals surface area contributed by atoms with Crippen molar-refractivity contribution < 1.29 is 13.2 Å². The Morgan fingerprint density at radius 2 is 1.84 bits per heavy atom. The molecule has 1 saturated heterocycles. The average Bonchev–Trinajstić information content (AvgIpc) is 2.54. The molecule has 1 heterocycles. The number of sulfone groups is 1. The fraction of sp³-hybridized carbons (Fsp3) is 0.588. The lowest BCUT2D eigenvalue weighted by Gasteiger charge is -2.35. The third kappa shape index (κ3) is 6.77. The molecule has 1 atom stereocenters. The summed E-state index contributed by atoms with van der Waals surface area (Å²) in [5.74, 6) is 0.999. The van der Waals surface area contributed by atoms with Crippen LogP contribution in [0.2, 0.25) is 0 Å². The third-order valence-electron chi connectivity index (χ3n) is 4.54. The van der Waals surface area contributed by atoms with Crippen LogP contribution in [0, 0.1) is 5.92 Å². The van der Waals surface area contributed by atoms with E-state index in [1.807, 2.05) is 0 Å². The van der Waals surface area contributed by atoms with Crippen LogP contribution in [-0.4, -0.2) is 50.5 Å². The van der Waals surface area contributed by atoms with Crippen LogP contribution >= 0.6 is 24.0 Å². The number of anilines is 1. The Balaban J connectivity index is 0.00000312. The molecule has 1 aliphatic heterocycles. The predicted molar refractivity (Wildman–Crippen MR) is 105 cm³/mol. The maximum absolute atomic E-state index is 12.2. The second-order valence-electron chi connectivity index (χ2n) is 6.53. The van der Waals surface area contributed by atoms with Gasteiger partial charge in [0.25, 0.3) is 0 Å². The minimum Gasteiger partial charge on any atom is -0.326 e. The standard InChI is InChI=1S/C17H25ClN2O3S.ClH/c1-13(12-18)20-9-7-14(8-10-20)11-17(21)19-15-3-5-16(6-4-15)24(2,22)23;/h3-6,13-14H,7-12H2,1-2H3,(H,19,21);1H. The second kappa shape index (κ2) is 9.76. The van der Waals surface area contributed by atoms with E-state index in [9.17, 15) is 13.2 Å². The van der Waals surface area contributed by atoms with Crippen molar-refractivity contribution >= 4 is 45.4 Å². The van der Waals surface area contributed by atoms with Crippen LogP contribution in [-0.2, 0) is 14.6 Å². The zero-order chi connectivity index (χ0) is 17.7. The maximum Gasteiger partial charge on any atom is 0.224 e. The van der Waals surface area contributed by atoms with Gasteiger partial charge in [0, 0.05) is 30.3 Å². The fourth-order valence-electron chi connectivity index (χ4n) is 2.96. The molecule has 25 heavy (non-hydrogen) atoms. The van der Waals surface area contributed by atoms with Gasteiger partial charge < -0.3 is 5.32 Å². The first-order chi connectivity index (χ1) is 11.3. The van der Waals surface area contributed by atoms with Crippen LogP contribution in [0.3, 0.4) is 0 Å². The summed E-state index contributed by atoms with van der Waals surface area (Å²) in [5.41, 5.74) is 0.626. The topological polar surface area (TPSA) is 66.5 Å². The van der Waals surface area contributed by atoms with Gasteiger partial charge in [0.05, 0.1) is 4.90 Å². The first-order valence-electron chi connectivity index (χ1n) is 8.19. The number of alkyl halides is 1. The number of nitrogens with zero attached hydrogens (tertiary/aromatic N) is 1. The van der Waals surface area contributed by atoms with Crippen molar-refractivity contribution in [1.82, 2.24) is 4.90 Å². The lowest BCUT2D eigenvalue weighted by atomic mass is 9.92. The molecule has 5 nitrogen and oxygen atoms in total. The van der Waals surface area contributed by atoms with E-state index in [-0.39, 0.29) is 23.2 Å². The highest BCUT2D eigenvalue weighted by Gasteiger charge is 2.24. The third-order valence-corrected chi connectivity index (χ3v) is 6.11. The molecule has 0 spiro atoms. The first-order valence-corrected chi connectivity index (χ1v) is 10.6. The summed E-state index contributed by atoms with van der Waals surface area (Å²) in [6, 6.07) is 6.65. The van der Waals surface area contributed by atoms with Crippen LogP contribution in [0.25, 0.3) is 0 Å². The molecule has 1 amide bonds. The zero-order valence-corrected chi connectivity index (χ0v) is 17.0. The van der Waals surface area contributed by atoms with E-state index in [0.29, 0.717) is 29.9 Å². The van der Waals surface area contributed by atoms with Gasteiger partial charge in [-0.25, -0.2) is 8.42 Å². The van der Waals surface area contributed by atoms with Crippen molar-refractivity contribution in [2.45, 2.75) is 37.1 Å². The molecular weight excluding hydrogens is 383 g/mol. The van der Waals surface area contributed by atoms with Gasteiger partial charge in [-0.05, 0) is 63.0 Å². The molecule has 0 aromatic heterocycles. The molecule has 0 radical (unpaired) electrons. The molecule has 1 fully saturated rings. The number of amides is 1. The highest BCUT2D eigenvalue weighted by molar-refractivity contribution is 7.90. The molecule has 1 unspecified atom stereocenters. The van der Waals surface area contributed by atoms with Gasteiger partial charge >= 0.3 is 0 Å². The van der Waals surface area contributed by atoms with Crippen LogP contribution in [0.5, 0.6) is 0 Å². The van der Waals surface area contributed by atoms with E-state index >= 15 is 0 Å². The number of carbonyl (C=O) groups is 1. The SMILES string of the molecule is CC(CCl)N1CCC(CC(=O)Nc2ccc(S(C)(=O)=O)cc2)CC1.Cl. The Hall–Kier alpha value is -0.820. The summed E-state index contributed by atoms with van der Waals surface area (Å²) in [5, 5.41) is 2.84. The summed E-state index contributed by atoms with van der Waals surface area (Å²) < 4.78 is 22.9. The Bertz CT molecular complexity index is 657. The number of rotatable bonds is 6. The van der Waals surface area contributed by atoms with Gasteiger partial charge in [-0.3, -0.25) is 9.69 Å². The summed E-state index contributed by atoms with van der Waals surface area (Å²) in [7, 11) is -3.21. The van der Waals surface area contributed by atoms with Gasteiger partial charge in [0.15, 0.2) is 9.84 Å². The van der Waals surface area contributed by atoms with Gasteiger partial charge in [0.2, 0.25) is 5.91 Å². The average molecular weight is 409 g/mol. The Labute approximate surface area is 161 Å². The Morgan fingerprint density at radius 1 is 1.28 bits per heavy atom. The monoisotopic (exact) mass is 408 g/mol. The molecule has 1 N–H and O–H groups in total. The van der Waals surface area contributed by atoms with E-state index < -0.39 is 9.84 Å². The molecular formula is C17H26Cl2N2O3S. The number of piperidine rings is 1. The minimum atomic E-state index is -3.21. The van der Waals surface area contributed by atoms with Crippen molar-refractivity contribution in [2.24, 2.45) is 5.92 Å². The molecule has 2 rings (SSSR count). The first kappa shape index (κ1) is 22.2. The predicted octanol–water partition coefficient (Wildman–Crippen LogP) is 3.18. The molecule has 1 aromatic rings. The lowest BCUT2D eigenvalue weighted by molar-refractivity contribution is -0.117. The van der Waals surface area contributed by atoms with Gasteiger partial charge in [-0.15, -0.1) is 24.0 Å². The molecule has 0 bridgehead atoms. The maximum atomic E-state index is 12.2. The smallest absolute Gasteiger partial charge is 0.224 e. The number of carbonyl (C=O) groups excluding carboxylic acids is 1. The molecule has 1 aliphatic rings. The van der Waals surface area contributed by atoms with Gasteiger partial charge in [0.1, 0.15) is 0 Å². The van der Waals surface area contributed by atoms with Gasteiger partial charge in [-0.2, -0.15) is 0 Å². The highest BCUT2D eigenvalue weighted by atomic mass is 35.5. The number of likely N-dealkylation sites (tertiary alicyclic amines) is 1. The van der Waals surface area contributed by atoms with Crippen molar-refractivity contribution in [1.29, 1.82) is 0 Å². The summed E-state index contributed by atoms with van der Waals surface area (Å²) in [4.78, 5) is 14.8. The number of hydrogen-bond acceptors (Lipinski definition) is 4. The number of halogens is 2. The number of nitrogens with one attached hydrogen (secondary N) is 1. The molecule has 0 aliphatic carbocycles. The van der Waals surface area contributed by atoms with E-state index in [4.69, 9.17) is 11.6 Å². The Morgan fingerprint density at radius 3 is 2.32 bits per heavy atom. The van der Waals surface area contributed by atoms with E-state index in [1.54, 1.807) is 12.1 Å². The molecule has 0 saturated carbocycles. The second-order valence-corrected chi connectivity index (χ2v) is 8.86. The molecule has 142 valence electrons. The van der Waals surface area contributed by atoms with Crippen LogP contribution < -0.4 is 5.32 Å². The van der Waals surface area contributed by atoms with E-state index in [1.165, 1.54) is 12.1 Å². The van der Waals surface area contributed by atoms with Crippen LogP contribution in [0.15, 0.2) is 29.2 Å². The number of benzene rings is 1. The normalized spacial score (nSPS) is 17.6. The van der Waals surface area contributed by atoms with Crippen molar-refractivity contribution in [3.63, 3.8) is 0 Å². The van der Waals surface area contributed by atoms with Crippen LogP contribution in [0.1, 0.15) is 26.2 Å². The van der Waals surface area contributed by atoms with Gasteiger partial charge in [-0.1, -0.05) is 0 Å². The van der Waals surface area contributed by atoms with Crippen molar-refractivity contribution in [3.05, 3.63) is 24.3 Å². The quantitative estimate of drug-likeness (QED) is 0.733. The molecule has 1 aromatic carbocycles. The van der Waals surface area contributed by atoms with Crippen LogP contribution in [0.4, 0.5) is 5.69 Å². The summed E-state index contributed by atoms with van der Waals surface area (Å²) in [6.07, 6.45) is 3.66. The minimum absolute atomic E-state index is 0. The zero-order valence-electron chi connectivity index (χ0n) is 14.6. The largest absolute Gasteiger partial charge is 0.326 e. The molecule has 8 heteroatoms. The van der Waals surface area contributed by atoms with E-state index in [0.717, 1.165) is 32.2 Å². The van der Waals surface area contributed by atoms with Crippen molar-refractivity contribution in [3.8, 4) is 0 Å². The fourth-order valence-corrected chi connectivity index (χ4v) is 3.78. The van der Waals surface area contributed by atoms with E-state index in [2.05, 4.69) is 17.1 Å². The lowest BCUT2D eigenvalue weighted by Crippen LogP contribution is -2.41. The summed E-state index contributed by atoms with van der Waals surface area (Å²) in [6.45, 7) is 4.09. The number of hydrogen-bond donors (Lipinski definition) is 1. The van der Waals surface area contributed by atoms with Crippen molar-refractivity contribution in [2.75, 3.05) is 30.5 Å².